The molecule has 0 bridgehead atoms. The third kappa shape index (κ3) is 5.95. The summed E-state index contributed by atoms with van der Waals surface area (Å²) < 4.78 is 66.3. The number of aromatic nitrogens is 3. The van der Waals surface area contributed by atoms with Gasteiger partial charge in [0.25, 0.3) is 0 Å². The molecular formula is C20H24F4N4O4. The molecular weight excluding hydrogens is 436 g/mol. The molecule has 176 valence electrons. The second-order valence-electron chi connectivity index (χ2n) is 7.72. The van der Waals surface area contributed by atoms with Crippen LogP contribution in [-0.2, 0) is 22.1 Å². The number of anilines is 1. The minimum Gasteiger partial charge on any atom is -0.462 e. The maximum absolute atomic E-state index is 14.6. The van der Waals surface area contributed by atoms with E-state index < -0.39 is 46.7 Å². The Morgan fingerprint density at radius 2 is 1.84 bits per heavy atom. The molecule has 2 heterocycles. The van der Waals surface area contributed by atoms with Crippen LogP contribution in [0.4, 0.5) is 28.2 Å². The van der Waals surface area contributed by atoms with Gasteiger partial charge in [-0.2, -0.15) is 18.3 Å². The highest BCUT2D eigenvalue weighted by Crippen LogP contribution is 2.35. The third-order valence-electron chi connectivity index (χ3n) is 3.90. The average molecular weight is 460 g/mol. The summed E-state index contributed by atoms with van der Waals surface area (Å²) in [5.41, 5.74) is -3.03. The van der Waals surface area contributed by atoms with E-state index in [1.54, 1.807) is 27.7 Å². The zero-order valence-corrected chi connectivity index (χ0v) is 18.3. The van der Waals surface area contributed by atoms with Gasteiger partial charge in [0.15, 0.2) is 23.1 Å². The summed E-state index contributed by atoms with van der Waals surface area (Å²) in [5.74, 6) is -3.20. The zero-order chi connectivity index (χ0) is 24.3. The highest BCUT2D eigenvalue weighted by molar-refractivity contribution is 5.91. The van der Waals surface area contributed by atoms with Crippen LogP contribution < -0.4 is 5.32 Å². The van der Waals surface area contributed by atoms with Crippen molar-refractivity contribution in [1.29, 1.82) is 0 Å². The van der Waals surface area contributed by atoms with Crippen LogP contribution in [0, 0.1) is 5.82 Å². The van der Waals surface area contributed by atoms with Gasteiger partial charge in [0.05, 0.1) is 12.8 Å². The minimum absolute atomic E-state index is 0.101. The van der Waals surface area contributed by atoms with Crippen LogP contribution in [0.25, 0.3) is 5.82 Å². The molecule has 0 aliphatic rings. The van der Waals surface area contributed by atoms with Gasteiger partial charge in [0, 0.05) is 0 Å². The zero-order valence-electron chi connectivity index (χ0n) is 18.3. The topological polar surface area (TPSA) is 95.3 Å². The van der Waals surface area contributed by atoms with Crippen molar-refractivity contribution in [2.45, 2.75) is 59.2 Å². The summed E-state index contributed by atoms with van der Waals surface area (Å²) in [6.45, 7) is 7.81. The van der Waals surface area contributed by atoms with Crippen molar-refractivity contribution in [2.24, 2.45) is 0 Å². The lowest BCUT2D eigenvalue weighted by molar-refractivity contribution is -0.143. The molecule has 12 heteroatoms. The van der Waals surface area contributed by atoms with E-state index in [9.17, 15) is 27.2 Å². The fourth-order valence-electron chi connectivity index (χ4n) is 2.78. The van der Waals surface area contributed by atoms with Gasteiger partial charge in [-0.1, -0.05) is 13.3 Å². The van der Waals surface area contributed by atoms with Crippen molar-refractivity contribution in [1.82, 2.24) is 14.8 Å². The number of nitrogens with zero attached hydrogens (tertiary/aromatic N) is 3. The molecule has 0 saturated carbocycles. The van der Waals surface area contributed by atoms with Crippen LogP contribution in [0.1, 0.15) is 62.7 Å². The monoisotopic (exact) mass is 460 g/mol. The van der Waals surface area contributed by atoms with E-state index in [0.717, 1.165) is 6.07 Å². The SMILES string of the molecule is CCCc1cc(F)c(NC(=O)OC(C)(C)C)nc1-n1ncc(C(=O)OCC)c1C(F)(F)F. The predicted molar refractivity (Wildman–Crippen MR) is 106 cm³/mol. The first-order valence-electron chi connectivity index (χ1n) is 9.80. The number of carbonyl (C=O) groups is 2. The average Bonchev–Trinajstić information content (AvgIpc) is 3.08. The lowest BCUT2D eigenvalue weighted by atomic mass is 10.1. The third-order valence-corrected chi connectivity index (χ3v) is 3.90. The first kappa shape index (κ1) is 25.1. The van der Waals surface area contributed by atoms with Gasteiger partial charge in [0.2, 0.25) is 0 Å². The molecule has 0 aliphatic heterocycles. The molecule has 2 aromatic heterocycles. The number of pyridine rings is 1. The number of amides is 1. The summed E-state index contributed by atoms with van der Waals surface area (Å²) in [7, 11) is 0. The van der Waals surface area contributed by atoms with E-state index in [1.807, 2.05) is 0 Å². The van der Waals surface area contributed by atoms with Gasteiger partial charge in [0.1, 0.15) is 11.2 Å². The first-order valence-corrected chi connectivity index (χ1v) is 9.80. The molecule has 0 aromatic carbocycles. The number of carbonyl (C=O) groups excluding carboxylic acids is 2. The summed E-state index contributed by atoms with van der Waals surface area (Å²) in [6.07, 6.45) is -4.71. The first-order chi connectivity index (χ1) is 14.8. The Labute approximate surface area is 181 Å². The second-order valence-corrected chi connectivity index (χ2v) is 7.72. The lowest BCUT2D eigenvalue weighted by Gasteiger charge is -2.20. The number of aryl methyl sites for hydroxylation is 1. The number of hydrogen-bond donors (Lipinski definition) is 1. The number of halogens is 4. The maximum Gasteiger partial charge on any atom is 0.434 e. The fourth-order valence-corrected chi connectivity index (χ4v) is 2.78. The van der Waals surface area contributed by atoms with E-state index in [1.165, 1.54) is 6.92 Å². The molecule has 0 atom stereocenters. The molecule has 0 unspecified atom stereocenters. The van der Waals surface area contributed by atoms with Crippen molar-refractivity contribution < 1.29 is 36.6 Å². The number of esters is 1. The van der Waals surface area contributed by atoms with Crippen LogP contribution in [0.2, 0.25) is 0 Å². The molecule has 32 heavy (non-hydrogen) atoms. The van der Waals surface area contributed by atoms with Gasteiger partial charge < -0.3 is 9.47 Å². The van der Waals surface area contributed by atoms with Gasteiger partial charge >= 0.3 is 18.2 Å². The summed E-state index contributed by atoms with van der Waals surface area (Å²) >= 11 is 0. The normalized spacial score (nSPS) is 11.9. The molecule has 8 nitrogen and oxygen atoms in total. The highest BCUT2D eigenvalue weighted by Gasteiger charge is 2.42. The van der Waals surface area contributed by atoms with Crippen molar-refractivity contribution in [2.75, 3.05) is 11.9 Å². The molecule has 2 aromatic rings. The standard InChI is InChI=1S/C20H24F4N4O4/c1-6-8-11-9-13(21)15(27-18(30)32-19(3,4)5)26-16(11)28-14(20(22,23)24)12(10-25-28)17(29)31-7-2/h9-10H,6-8H2,1-5H3,(H,26,27,30). The van der Waals surface area contributed by atoms with Crippen molar-refractivity contribution in [3.63, 3.8) is 0 Å². The molecule has 0 aliphatic carbocycles. The predicted octanol–water partition coefficient (Wildman–Crippen LogP) is 4.90. The number of rotatable bonds is 6. The van der Waals surface area contributed by atoms with Crippen molar-refractivity contribution in [3.05, 3.63) is 34.9 Å². The van der Waals surface area contributed by atoms with Gasteiger partial charge in [-0.15, -0.1) is 0 Å². The van der Waals surface area contributed by atoms with Crippen molar-refractivity contribution in [3.8, 4) is 5.82 Å². The summed E-state index contributed by atoms with van der Waals surface area (Å²) in [6, 6.07) is 0.963. The maximum atomic E-state index is 14.6. The summed E-state index contributed by atoms with van der Waals surface area (Å²) in [4.78, 5) is 27.9. The number of hydrogen-bond acceptors (Lipinski definition) is 6. The second kappa shape index (κ2) is 9.53. The number of alkyl halides is 3. The van der Waals surface area contributed by atoms with Crippen LogP contribution >= 0.6 is 0 Å². The Kier molecular flexibility index (Phi) is 7.47. The Morgan fingerprint density at radius 1 is 1.19 bits per heavy atom. The van der Waals surface area contributed by atoms with Gasteiger partial charge in [-0.3, -0.25) is 5.32 Å². The molecule has 0 spiro atoms. The van der Waals surface area contributed by atoms with E-state index in [-0.39, 0.29) is 24.4 Å². The van der Waals surface area contributed by atoms with E-state index in [4.69, 9.17) is 4.74 Å². The van der Waals surface area contributed by atoms with E-state index in [0.29, 0.717) is 17.3 Å². The molecule has 1 amide bonds. The Bertz CT molecular complexity index is 997. The molecule has 0 radical (unpaired) electrons. The highest BCUT2D eigenvalue weighted by atomic mass is 19.4. The molecule has 2 rings (SSSR count). The molecule has 0 fully saturated rings. The Hall–Kier alpha value is -3.18. The Morgan fingerprint density at radius 3 is 2.38 bits per heavy atom. The molecule has 0 saturated heterocycles. The van der Waals surface area contributed by atoms with E-state index in [2.05, 4.69) is 20.1 Å². The van der Waals surface area contributed by atoms with Crippen LogP contribution in [0.15, 0.2) is 12.3 Å². The number of ether oxygens (including phenoxy) is 2. The largest absolute Gasteiger partial charge is 0.462 e. The van der Waals surface area contributed by atoms with Crippen LogP contribution in [0.3, 0.4) is 0 Å². The lowest BCUT2D eigenvalue weighted by Crippen LogP contribution is -2.28. The minimum atomic E-state index is -5.00. The van der Waals surface area contributed by atoms with E-state index >= 15 is 0 Å². The van der Waals surface area contributed by atoms with Gasteiger partial charge in [-0.05, 0) is 45.7 Å². The van der Waals surface area contributed by atoms with Crippen LogP contribution in [0.5, 0.6) is 0 Å². The van der Waals surface area contributed by atoms with Crippen LogP contribution in [-0.4, -0.2) is 39.0 Å². The Balaban J connectivity index is 2.65. The smallest absolute Gasteiger partial charge is 0.434 e. The quantitative estimate of drug-likeness (QED) is 0.487. The fraction of sp³-hybridized carbons (Fsp3) is 0.500. The van der Waals surface area contributed by atoms with Gasteiger partial charge in [-0.25, -0.2) is 23.6 Å². The summed E-state index contributed by atoms with van der Waals surface area (Å²) in [5, 5.41) is 5.77. The van der Waals surface area contributed by atoms with Crippen molar-refractivity contribution >= 4 is 17.9 Å². The number of nitrogens with one attached hydrogen (secondary N) is 1. The molecule has 1 N–H and O–H groups in total.